The minimum Gasteiger partial charge on any atom is -0.496 e. The maximum atomic E-state index is 12.2. The molecule has 0 aliphatic carbocycles. The fourth-order valence-corrected chi connectivity index (χ4v) is 3.62. The smallest absolute Gasteiger partial charge is 0.340 e. The molecule has 1 heterocycles. The Bertz CT molecular complexity index is 963. The fourth-order valence-electron chi connectivity index (χ4n) is 2.87. The van der Waals surface area contributed by atoms with Crippen LogP contribution in [0.1, 0.15) is 22.3 Å². The Hall–Kier alpha value is -3.12. The number of benzene rings is 2. The molecule has 3 aromatic rings. The zero-order valence-corrected chi connectivity index (χ0v) is 16.5. The fraction of sp³-hybridized carbons (Fsp3) is 0.182. The monoisotopic (exact) mass is 395 g/mol. The van der Waals surface area contributed by atoms with Gasteiger partial charge in [0.15, 0.2) is 0 Å². The van der Waals surface area contributed by atoms with Crippen LogP contribution in [0.4, 0.5) is 5.69 Å². The quantitative estimate of drug-likeness (QED) is 0.585. The molecule has 5 nitrogen and oxygen atoms in total. The second kappa shape index (κ2) is 9.19. The van der Waals surface area contributed by atoms with E-state index in [-0.39, 0.29) is 5.91 Å². The molecule has 0 spiro atoms. The highest BCUT2D eigenvalue weighted by atomic mass is 32.1. The Morgan fingerprint density at radius 2 is 1.75 bits per heavy atom. The van der Waals surface area contributed by atoms with Crippen molar-refractivity contribution in [2.45, 2.75) is 12.8 Å². The Morgan fingerprint density at radius 3 is 2.46 bits per heavy atom. The minimum atomic E-state index is -0.455. The van der Waals surface area contributed by atoms with Crippen LogP contribution in [-0.4, -0.2) is 26.1 Å². The van der Waals surface area contributed by atoms with Crippen LogP contribution in [0.2, 0.25) is 0 Å². The van der Waals surface area contributed by atoms with Gasteiger partial charge < -0.3 is 14.8 Å². The standard InChI is InChI=1S/C22H21NO4S/c1-26-20-6-4-3-5-17(20)16-10-7-15(8-11-16)9-12-21(24)23-19-14-28-13-18(19)22(25)27-2/h3-8,10-11,13-14H,9,12H2,1-2H3,(H,23,24). The number of thiophene rings is 1. The number of hydrogen-bond acceptors (Lipinski definition) is 5. The first-order chi connectivity index (χ1) is 13.6. The number of nitrogens with one attached hydrogen (secondary N) is 1. The van der Waals surface area contributed by atoms with Crippen molar-refractivity contribution in [3.8, 4) is 16.9 Å². The molecule has 2 aromatic carbocycles. The van der Waals surface area contributed by atoms with Crippen molar-refractivity contribution < 1.29 is 19.1 Å². The van der Waals surface area contributed by atoms with Gasteiger partial charge in [0, 0.05) is 22.7 Å². The third-order valence-corrected chi connectivity index (χ3v) is 5.10. The molecule has 0 unspecified atom stereocenters. The van der Waals surface area contributed by atoms with Crippen molar-refractivity contribution in [3.63, 3.8) is 0 Å². The summed E-state index contributed by atoms with van der Waals surface area (Å²) in [4.78, 5) is 23.9. The van der Waals surface area contributed by atoms with Crippen LogP contribution in [0, 0.1) is 0 Å². The van der Waals surface area contributed by atoms with E-state index in [1.807, 2.05) is 48.5 Å². The Kier molecular flexibility index (Phi) is 6.45. The van der Waals surface area contributed by atoms with E-state index < -0.39 is 5.97 Å². The molecule has 1 aromatic heterocycles. The van der Waals surface area contributed by atoms with Crippen LogP contribution in [0.3, 0.4) is 0 Å². The van der Waals surface area contributed by atoms with Gasteiger partial charge in [-0.15, -0.1) is 11.3 Å². The van der Waals surface area contributed by atoms with Gasteiger partial charge in [-0.25, -0.2) is 4.79 Å². The molecule has 1 amide bonds. The number of anilines is 1. The summed E-state index contributed by atoms with van der Waals surface area (Å²) < 4.78 is 10.1. The van der Waals surface area contributed by atoms with Crippen LogP contribution in [0.25, 0.3) is 11.1 Å². The van der Waals surface area contributed by atoms with Crippen molar-refractivity contribution in [1.29, 1.82) is 0 Å². The lowest BCUT2D eigenvalue weighted by molar-refractivity contribution is -0.116. The number of aryl methyl sites for hydroxylation is 1. The van der Waals surface area contributed by atoms with E-state index in [1.165, 1.54) is 18.4 Å². The molecule has 144 valence electrons. The second-order valence-corrected chi connectivity index (χ2v) is 6.88. The zero-order valence-electron chi connectivity index (χ0n) is 15.7. The minimum absolute atomic E-state index is 0.141. The largest absolute Gasteiger partial charge is 0.496 e. The Labute approximate surface area is 167 Å². The highest BCUT2D eigenvalue weighted by Crippen LogP contribution is 2.29. The summed E-state index contributed by atoms with van der Waals surface area (Å²) in [7, 11) is 2.98. The predicted octanol–water partition coefficient (Wildman–Crippen LogP) is 4.78. The van der Waals surface area contributed by atoms with Crippen molar-refractivity contribution in [2.24, 2.45) is 0 Å². The molecule has 0 fully saturated rings. The van der Waals surface area contributed by atoms with Crippen molar-refractivity contribution in [3.05, 3.63) is 70.4 Å². The number of carbonyl (C=O) groups excluding carboxylic acids is 2. The summed E-state index contributed by atoms with van der Waals surface area (Å²) in [5.41, 5.74) is 4.02. The van der Waals surface area contributed by atoms with Gasteiger partial charge in [-0.1, -0.05) is 42.5 Å². The summed E-state index contributed by atoms with van der Waals surface area (Å²) in [5, 5.41) is 6.18. The third-order valence-electron chi connectivity index (χ3n) is 4.35. The Morgan fingerprint density at radius 1 is 1.00 bits per heavy atom. The molecule has 28 heavy (non-hydrogen) atoms. The maximum absolute atomic E-state index is 12.2. The molecule has 6 heteroatoms. The summed E-state index contributed by atoms with van der Waals surface area (Å²) in [6, 6.07) is 15.9. The van der Waals surface area contributed by atoms with Gasteiger partial charge in [0.1, 0.15) is 5.75 Å². The van der Waals surface area contributed by atoms with Gasteiger partial charge in [0.05, 0.1) is 25.5 Å². The van der Waals surface area contributed by atoms with E-state index in [2.05, 4.69) is 5.32 Å². The maximum Gasteiger partial charge on any atom is 0.340 e. The van der Waals surface area contributed by atoms with Crippen LogP contribution in [0.15, 0.2) is 59.3 Å². The van der Waals surface area contributed by atoms with Gasteiger partial charge in [-0.3, -0.25) is 4.79 Å². The summed E-state index contributed by atoms with van der Waals surface area (Å²) in [5.74, 6) is 0.229. The third kappa shape index (κ3) is 4.58. The van der Waals surface area contributed by atoms with Gasteiger partial charge in [-0.05, 0) is 23.6 Å². The lowest BCUT2D eigenvalue weighted by Crippen LogP contribution is -2.14. The van der Waals surface area contributed by atoms with Gasteiger partial charge in [0.2, 0.25) is 5.91 Å². The lowest BCUT2D eigenvalue weighted by atomic mass is 10.0. The first kappa shape index (κ1) is 19.6. The van der Waals surface area contributed by atoms with Crippen molar-refractivity contribution in [1.82, 2.24) is 0 Å². The van der Waals surface area contributed by atoms with Crippen LogP contribution < -0.4 is 10.1 Å². The van der Waals surface area contributed by atoms with E-state index in [1.54, 1.807) is 17.9 Å². The number of esters is 1. The number of para-hydroxylation sites is 1. The molecular weight excluding hydrogens is 374 g/mol. The van der Waals surface area contributed by atoms with Crippen LogP contribution in [-0.2, 0) is 16.0 Å². The SMILES string of the molecule is COC(=O)c1cscc1NC(=O)CCc1ccc(-c2ccccc2OC)cc1. The van der Waals surface area contributed by atoms with Gasteiger partial charge >= 0.3 is 5.97 Å². The number of amides is 1. The lowest BCUT2D eigenvalue weighted by Gasteiger charge is -2.09. The highest BCUT2D eigenvalue weighted by Gasteiger charge is 2.15. The molecule has 3 rings (SSSR count). The average molecular weight is 395 g/mol. The first-order valence-corrected chi connectivity index (χ1v) is 9.73. The molecule has 0 aliphatic rings. The molecule has 0 bridgehead atoms. The van der Waals surface area contributed by atoms with Crippen molar-refractivity contribution >= 4 is 28.9 Å². The van der Waals surface area contributed by atoms with Crippen molar-refractivity contribution in [2.75, 3.05) is 19.5 Å². The number of hydrogen-bond donors (Lipinski definition) is 1. The van der Waals surface area contributed by atoms with E-state index in [0.29, 0.717) is 24.1 Å². The Balaban J connectivity index is 1.60. The average Bonchev–Trinajstić information content (AvgIpc) is 3.20. The number of ether oxygens (including phenoxy) is 2. The van der Waals surface area contributed by atoms with E-state index in [9.17, 15) is 9.59 Å². The summed E-state index contributed by atoms with van der Waals surface area (Å²) in [6.45, 7) is 0. The van der Waals surface area contributed by atoms with Gasteiger partial charge in [0.25, 0.3) is 0 Å². The zero-order chi connectivity index (χ0) is 19.9. The molecular formula is C22H21NO4S. The molecule has 1 N–H and O–H groups in total. The number of rotatable bonds is 7. The molecule has 0 saturated heterocycles. The summed E-state index contributed by atoms with van der Waals surface area (Å²) >= 11 is 1.34. The van der Waals surface area contributed by atoms with E-state index in [4.69, 9.17) is 9.47 Å². The van der Waals surface area contributed by atoms with Gasteiger partial charge in [-0.2, -0.15) is 0 Å². The number of methoxy groups -OCH3 is 2. The van der Waals surface area contributed by atoms with Crippen LogP contribution in [0.5, 0.6) is 5.75 Å². The van der Waals surface area contributed by atoms with E-state index >= 15 is 0 Å². The molecule has 0 saturated carbocycles. The molecule has 0 atom stereocenters. The first-order valence-electron chi connectivity index (χ1n) is 8.79. The topological polar surface area (TPSA) is 64.6 Å². The normalized spacial score (nSPS) is 10.4. The van der Waals surface area contributed by atoms with Crippen LogP contribution >= 0.6 is 11.3 Å². The summed E-state index contributed by atoms with van der Waals surface area (Å²) in [6.07, 6.45) is 0.931. The highest BCUT2D eigenvalue weighted by molar-refractivity contribution is 7.08. The second-order valence-electron chi connectivity index (χ2n) is 6.14. The molecule has 0 radical (unpaired) electrons. The number of carbonyl (C=O) groups is 2. The van der Waals surface area contributed by atoms with E-state index in [0.717, 1.165) is 22.4 Å². The molecule has 0 aliphatic heterocycles. The predicted molar refractivity (Wildman–Crippen MR) is 111 cm³/mol.